The summed E-state index contributed by atoms with van der Waals surface area (Å²) >= 11 is 5.57. The van der Waals surface area contributed by atoms with Crippen LogP contribution in [0, 0.1) is 0 Å². The van der Waals surface area contributed by atoms with Crippen LogP contribution in [0.4, 0.5) is 11.4 Å². The second-order valence-electron chi connectivity index (χ2n) is 7.40. The van der Waals surface area contributed by atoms with Gasteiger partial charge in [0.25, 0.3) is 0 Å². The minimum absolute atomic E-state index is 0.138. The summed E-state index contributed by atoms with van der Waals surface area (Å²) in [4.78, 5) is 13.9. The summed E-state index contributed by atoms with van der Waals surface area (Å²) in [5.74, 6) is 0.597. The molecule has 0 saturated carbocycles. The summed E-state index contributed by atoms with van der Waals surface area (Å²) in [5, 5.41) is 2.62. The van der Waals surface area contributed by atoms with E-state index in [-0.39, 0.29) is 17.3 Å². The molecule has 0 bridgehead atoms. The van der Waals surface area contributed by atoms with E-state index < -0.39 is 15.9 Å². The smallest absolute Gasteiger partial charge is 0.242 e. The first-order valence-corrected chi connectivity index (χ1v) is 12.3. The second kappa shape index (κ2) is 10.9. The predicted molar refractivity (Wildman–Crippen MR) is 126 cm³/mol. The van der Waals surface area contributed by atoms with Gasteiger partial charge >= 0.3 is 0 Å². The van der Waals surface area contributed by atoms with Crippen molar-refractivity contribution in [1.82, 2.24) is 4.72 Å². The van der Waals surface area contributed by atoms with Crippen molar-refractivity contribution in [3.05, 3.63) is 42.0 Å². The highest BCUT2D eigenvalue weighted by molar-refractivity contribution is 7.89. The number of nitrogens with zero attached hydrogens (tertiary/aromatic N) is 1. The molecule has 0 unspecified atom stereocenters. The number of methoxy groups -OCH3 is 2. The van der Waals surface area contributed by atoms with Crippen molar-refractivity contribution >= 4 is 38.9 Å². The molecule has 8 nitrogen and oxygen atoms in total. The van der Waals surface area contributed by atoms with Crippen LogP contribution in [0.15, 0.2) is 41.3 Å². The van der Waals surface area contributed by atoms with Crippen LogP contribution in [0.25, 0.3) is 0 Å². The van der Waals surface area contributed by atoms with Crippen molar-refractivity contribution in [1.29, 1.82) is 0 Å². The Morgan fingerprint density at radius 2 is 1.78 bits per heavy atom. The van der Waals surface area contributed by atoms with Crippen LogP contribution in [0.2, 0.25) is 0 Å². The average Bonchev–Trinajstić information content (AvgIpc) is 3.33. The fourth-order valence-corrected chi connectivity index (χ4v) is 5.01. The first-order chi connectivity index (χ1) is 15.4. The summed E-state index contributed by atoms with van der Waals surface area (Å²) < 4.78 is 39.6. The third-order valence-electron chi connectivity index (χ3n) is 5.25. The molecule has 0 atom stereocenters. The fraction of sp³-hybridized carbons (Fsp3) is 0.409. The normalized spacial score (nSPS) is 13.8. The van der Waals surface area contributed by atoms with E-state index >= 15 is 0 Å². The molecule has 1 heterocycles. The standard InChI is InChI=1S/C22H28ClN3O5S/c1-30-19-8-5-16(13-20(19)31-2)9-10-24-32(28,29)21-14-17(25-22(27)15-23)6-7-18(21)26-11-3-4-12-26/h5-8,13-14,24H,3-4,9-12,15H2,1-2H3,(H,25,27). The molecule has 0 spiro atoms. The molecular weight excluding hydrogens is 454 g/mol. The van der Waals surface area contributed by atoms with Crippen LogP contribution in [0.5, 0.6) is 11.5 Å². The van der Waals surface area contributed by atoms with Gasteiger partial charge < -0.3 is 19.7 Å². The maximum Gasteiger partial charge on any atom is 0.242 e. The third kappa shape index (κ3) is 5.85. The molecule has 0 aromatic heterocycles. The highest BCUT2D eigenvalue weighted by Gasteiger charge is 2.24. The molecule has 1 saturated heterocycles. The van der Waals surface area contributed by atoms with Gasteiger partial charge in [0.2, 0.25) is 15.9 Å². The Morgan fingerprint density at radius 1 is 1.06 bits per heavy atom. The van der Waals surface area contributed by atoms with Gasteiger partial charge in [-0.15, -0.1) is 11.6 Å². The van der Waals surface area contributed by atoms with E-state index in [1.54, 1.807) is 32.4 Å². The van der Waals surface area contributed by atoms with Crippen LogP contribution in [-0.4, -0.2) is 54.1 Å². The van der Waals surface area contributed by atoms with Gasteiger partial charge in [-0.1, -0.05) is 6.07 Å². The molecule has 2 aromatic carbocycles. The van der Waals surface area contributed by atoms with Gasteiger partial charge in [-0.3, -0.25) is 4.79 Å². The monoisotopic (exact) mass is 481 g/mol. The lowest BCUT2D eigenvalue weighted by atomic mass is 10.1. The number of sulfonamides is 1. The van der Waals surface area contributed by atoms with Gasteiger partial charge in [0.15, 0.2) is 11.5 Å². The highest BCUT2D eigenvalue weighted by Crippen LogP contribution is 2.31. The highest BCUT2D eigenvalue weighted by atomic mass is 35.5. The first-order valence-electron chi connectivity index (χ1n) is 10.3. The first kappa shape index (κ1) is 24.2. The molecule has 1 fully saturated rings. The van der Waals surface area contributed by atoms with E-state index in [0.29, 0.717) is 29.3 Å². The molecule has 3 rings (SSSR count). The van der Waals surface area contributed by atoms with Crippen molar-refractivity contribution in [3.8, 4) is 11.5 Å². The summed E-state index contributed by atoms with van der Waals surface area (Å²) in [6.45, 7) is 1.79. The Balaban J connectivity index is 1.79. The minimum atomic E-state index is -3.82. The number of nitrogens with one attached hydrogen (secondary N) is 2. The Hall–Kier alpha value is -2.49. The van der Waals surface area contributed by atoms with Gasteiger partial charge in [-0.05, 0) is 55.2 Å². The molecule has 10 heteroatoms. The number of benzene rings is 2. The van der Waals surface area contributed by atoms with Crippen LogP contribution in [0.3, 0.4) is 0 Å². The SMILES string of the molecule is COc1ccc(CCNS(=O)(=O)c2cc(NC(=O)CCl)ccc2N2CCCC2)cc1OC. The summed E-state index contributed by atoms with van der Waals surface area (Å²) in [5.41, 5.74) is 1.93. The summed E-state index contributed by atoms with van der Waals surface area (Å²) in [7, 11) is -0.705. The summed E-state index contributed by atoms with van der Waals surface area (Å²) in [6, 6.07) is 10.4. The van der Waals surface area contributed by atoms with Gasteiger partial charge in [-0.2, -0.15) is 0 Å². The quantitative estimate of drug-likeness (QED) is 0.506. The number of anilines is 2. The number of amides is 1. The molecule has 0 aliphatic carbocycles. The van der Waals surface area contributed by atoms with Crippen molar-refractivity contribution in [2.24, 2.45) is 0 Å². The number of ether oxygens (including phenoxy) is 2. The van der Waals surface area contributed by atoms with E-state index in [1.807, 2.05) is 12.1 Å². The molecule has 174 valence electrons. The predicted octanol–water partition coefficient (Wildman–Crippen LogP) is 3.00. The van der Waals surface area contributed by atoms with Crippen molar-refractivity contribution < 1.29 is 22.7 Å². The van der Waals surface area contributed by atoms with E-state index in [4.69, 9.17) is 21.1 Å². The Labute approximate surface area is 193 Å². The van der Waals surface area contributed by atoms with Crippen LogP contribution in [-0.2, 0) is 21.2 Å². The van der Waals surface area contributed by atoms with Gasteiger partial charge in [0.1, 0.15) is 10.8 Å². The molecule has 2 aromatic rings. The van der Waals surface area contributed by atoms with Gasteiger partial charge in [-0.25, -0.2) is 13.1 Å². The number of alkyl halides is 1. The number of hydrogen-bond acceptors (Lipinski definition) is 6. The number of carbonyl (C=O) groups excluding carboxylic acids is 1. The van der Waals surface area contributed by atoms with E-state index in [9.17, 15) is 13.2 Å². The molecular formula is C22H28ClN3O5S. The molecule has 32 heavy (non-hydrogen) atoms. The van der Waals surface area contributed by atoms with Crippen molar-refractivity contribution in [3.63, 3.8) is 0 Å². The number of hydrogen-bond donors (Lipinski definition) is 2. The van der Waals surface area contributed by atoms with Crippen LogP contribution >= 0.6 is 11.6 Å². The van der Waals surface area contributed by atoms with Crippen molar-refractivity contribution in [2.75, 3.05) is 50.0 Å². The van der Waals surface area contributed by atoms with Crippen molar-refractivity contribution in [2.45, 2.75) is 24.2 Å². The average molecular weight is 482 g/mol. The molecule has 1 aliphatic rings. The zero-order valence-corrected chi connectivity index (χ0v) is 19.8. The van der Waals surface area contributed by atoms with E-state index in [1.165, 1.54) is 6.07 Å². The number of carbonyl (C=O) groups is 1. The maximum atomic E-state index is 13.2. The number of rotatable bonds is 10. The lowest BCUT2D eigenvalue weighted by molar-refractivity contribution is -0.113. The molecule has 1 amide bonds. The fourth-order valence-electron chi connectivity index (χ4n) is 3.66. The third-order valence-corrected chi connectivity index (χ3v) is 6.99. The van der Waals surface area contributed by atoms with E-state index in [0.717, 1.165) is 31.5 Å². The van der Waals surface area contributed by atoms with E-state index in [2.05, 4.69) is 14.9 Å². The van der Waals surface area contributed by atoms with Crippen LogP contribution < -0.4 is 24.4 Å². The zero-order valence-electron chi connectivity index (χ0n) is 18.2. The Bertz CT molecular complexity index is 1060. The molecule has 1 aliphatic heterocycles. The topological polar surface area (TPSA) is 97.0 Å². The second-order valence-corrected chi connectivity index (χ2v) is 9.40. The Morgan fingerprint density at radius 3 is 2.44 bits per heavy atom. The van der Waals surface area contributed by atoms with Gasteiger partial charge in [0, 0.05) is 25.3 Å². The molecule has 0 radical (unpaired) electrons. The lowest BCUT2D eigenvalue weighted by Crippen LogP contribution is -2.29. The zero-order chi connectivity index (χ0) is 23.1. The largest absolute Gasteiger partial charge is 0.493 e. The summed E-state index contributed by atoms with van der Waals surface area (Å²) in [6.07, 6.45) is 2.50. The van der Waals surface area contributed by atoms with Crippen LogP contribution in [0.1, 0.15) is 18.4 Å². The Kier molecular flexibility index (Phi) is 8.22. The lowest BCUT2D eigenvalue weighted by Gasteiger charge is -2.22. The molecule has 2 N–H and O–H groups in total. The maximum absolute atomic E-state index is 13.2. The minimum Gasteiger partial charge on any atom is -0.493 e. The van der Waals surface area contributed by atoms with Gasteiger partial charge in [0.05, 0.1) is 19.9 Å². The number of halogens is 1.